The summed E-state index contributed by atoms with van der Waals surface area (Å²) in [5.41, 5.74) is 0.531. The number of imidazole rings is 1. The van der Waals surface area contributed by atoms with Crippen LogP contribution in [0.25, 0.3) is 11.2 Å². The third kappa shape index (κ3) is 4.68. The molecule has 0 unspecified atom stereocenters. The third-order valence-electron chi connectivity index (χ3n) is 4.53. The van der Waals surface area contributed by atoms with E-state index >= 15 is 0 Å². The van der Waals surface area contributed by atoms with Gasteiger partial charge in [-0.25, -0.2) is 4.79 Å². The number of aryl methyl sites for hydroxylation is 2. The molecule has 9 heteroatoms. The van der Waals surface area contributed by atoms with Gasteiger partial charge in [-0.3, -0.25) is 14.3 Å². The standard InChI is InChI=1S/C20H27N5O4/c1-12(2)9-21-19-22-17-16(18(27)23-20(28)24(17)4)25(19)10-14(26)11-29-15-7-5-13(3)6-8-15/h5-8,12,14,26H,9-11H2,1-4H3,(H,21,22)(H,23,27,28)/t14-/m0/s1. The Balaban J connectivity index is 1.88. The van der Waals surface area contributed by atoms with E-state index in [1.54, 1.807) is 11.6 Å². The van der Waals surface area contributed by atoms with Crippen molar-refractivity contribution < 1.29 is 9.84 Å². The highest BCUT2D eigenvalue weighted by atomic mass is 16.5. The molecule has 3 rings (SSSR count). The zero-order valence-electron chi connectivity index (χ0n) is 17.1. The molecule has 0 aliphatic carbocycles. The van der Waals surface area contributed by atoms with Crippen molar-refractivity contribution in [3.63, 3.8) is 0 Å². The number of hydrogen-bond donors (Lipinski definition) is 3. The molecule has 0 aliphatic heterocycles. The summed E-state index contributed by atoms with van der Waals surface area (Å²) >= 11 is 0. The van der Waals surface area contributed by atoms with E-state index < -0.39 is 17.4 Å². The van der Waals surface area contributed by atoms with E-state index in [9.17, 15) is 14.7 Å². The first-order valence-corrected chi connectivity index (χ1v) is 9.57. The highest BCUT2D eigenvalue weighted by Gasteiger charge is 2.20. The number of nitrogens with zero attached hydrogens (tertiary/aromatic N) is 3. The van der Waals surface area contributed by atoms with Crippen molar-refractivity contribution in [2.75, 3.05) is 18.5 Å². The van der Waals surface area contributed by atoms with Gasteiger partial charge in [0.25, 0.3) is 5.56 Å². The van der Waals surface area contributed by atoms with Gasteiger partial charge >= 0.3 is 5.69 Å². The summed E-state index contributed by atoms with van der Waals surface area (Å²) in [5.74, 6) is 1.43. The van der Waals surface area contributed by atoms with Crippen molar-refractivity contribution in [2.45, 2.75) is 33.4 Å². The molecule has 1 atom stereocenters. The molecule has 0 aliphatic rings. The van der Waals surface area contributed by atoms with E-state index in [-0.39, 0.29) is 24.3 Å². The molecule has 2 aromatic heterocycles. The summed E-state index contributed by atoms with van der Waals surface area (Å²) < 4.78 is 8.53. The van der Waals surface area contributed by atoms with Crippen LogP contribution in [-0.4, -0.2) is 43.5 Å². The lowest BCUT2D eigenvalue weighted by Gasteiger charge is -2.16. The predicted molar refractivity (Wildman–Crippen MR) is 112 cm³/mol. The fraction of sp³-hybridized carbons (Fsp3) is 0.450. The second kappa shape index (κ2) is 8.52. The topological polar surface area (TPSA) is 114 Å². The van der Waals surface area contributed by atoms with Crippen LogP contribution in [-0.2, 0) is 13.6 Å². The quantitative estimate of drug-likeness (QED) is 0.523. The molecule has 0 saturated heterocycles. The van der Waals surface area contributed by atoms with Crippen LogP contribution in [0.15, 0.2) is 33.9 Å². The molecule has 9 nitrogen and oxygen atoms in total. The van der Waals surface area contributed by atoms with Crippen molar-refractivity contribution in [1.82, 2.24) is 19.1 Å². The van der Waals surface area contributed by atoms with E-state index in [1.807, 2.05) is 45.0 Å². The molecule has 0 bridgehead atoms. The fourth-order valence-corrected chi connectivity index (χ4v) is 2.93. The lowest BCUT2D eigenvalue weighted by atomic mass is 10.2. The van der Waals surface area contributed by atoms with Gasteiger partial charge in [-0.2, -0.15) is 4.98 Å². The number of fused-ring (bicyclic) bond motifs is 1. The van der Waals surface area contributed by atoms with Crippen LogP contribution < -0.4 is 21.3 Å². The third-order valence-corrected chi connectivity index (χ3v) is 4.53. The Morgan fingerprint density at radius 2 is 1.93 bits per heavy atom. The number of aliphatic hydroxyl groups is 1. The number of aromatic amines is 1. The zero-order chi connectivity index (χ0) is 21.1. The zero-order valence-corrected chi connectivity index (χ0v) is 17.1. The number of anilines is 1. The second-order valence-electron chi connectivity index (χ2n) is 7.59. The van der Waals surface area contributed by atoms with E-state index in [0.717, 1.165) is 5.56 Å². The van der Waals surface area contributed by atoms with Gasteiger partial charge in [0.05, 0.1) is 6.54 Å². The molecule has 1 aromatic carbocycles. The lowest BCUT2D eigenvalue weighted by Crippen LogP contribution is -2.31. The van der Waals surface area contributed by atoms with Crippen LogP contribution in [0, 0.1) is 12.8 Å². The number of ether oxygens (including phenoxy) is 1. The summed E-state index contributed by atoms with van der Waals surface area (Å²) in [6.45, 7) is 6.85. The fourth-order valence-electron chi connectivity index (χ4n) is 2.93. The molecule has 3 N–H and O–H groups in total. The van der Waals surface area contributed by atoms with Gasteiger partial charge in [-0.05, 0) is 25.0 Å². The van der Waals surface area contributed by atoms with Gasteiger partial charge in [0.1, 0.15) is 18.5 Å². The summed E-state index contributed by atoms with van der Waals surface area (Å²) in [6, 6.07) is 7.54. The van der Waals surface area contributed by atoms with Gasteiger partial charge in [0.2, 0.25) is 5.95 Å². The second-order valence-corrected chi connectivity index (χ2v) is 7.59. The van der Waals surface area contributed by atoms with E-state index in [4.69, 9.17) is 4.74 Å². The Hall–Kier alpha value is -3.07. The maximum Gasteiger partial charge on any atom is 0.329 e. The molecule has 0 radical (unpaired) electrons. The molecule has 0 spiro atoms. The maximum atomic E-state index is 12.4. The van der Waals surface area contributed by atoms with Crippen molar-refractivity contribution in [3.8, 4) is 5.75 Å². The summed E-state index contributed by atoms with van der Waals surface area (Å²) in [7, 11) is 1.54. The Morgan fingerprint density at radius 1 is 1.24 bits per heavy atom. The van der Waals surface area contributed by atoms with Crippen LogP contribution in [0.4, 0.5) is 5.95 Å². The monoisotopic (exact) mass is 401 g/mol. The molecule has 156 valence electrons. The highest BCUT2D eigenvalue weighted by molar-refractivity contribution is 5.74. The minimum absolute atomic E-state index is 0.0516. The highest BCUT2D eigenvalue weighted by Crippen LogP contribution is 2.17. The van der Waals surface area contributed by atoms with Crippen molar-refractivity contribution >= 4 is 17.1 Å². The molecule has 29 heavy (non-hydrogen) atoms. The van der Waals surface area contributed by atoms with E-state index in [0.29, 0.717) is 24.2 Å². The van der Waals surface area contributed by atoms with Crippen molar-refractivity contribution in [1.29, 1.82) is 0 Å². The van der Waals surface area contributed by atoms with Gasteiger partial charge in [0, 0.05) is 13.6 Å². The van der Waals surface area contributed by atoms with Gasteiger partial charge < -0.3 is 19.7 Å². The van der Waals surface area contributed by atoms with Crippen LogP contribution in [0.5, 0.6) is 5.75 Å². The van der Waals surface area contributed by atoms with Gasteiger partial charge in [-0.15, -0.1) is 0 Å². The number of nitrogens with one attached hydrogen (secondary N) is 2. The Morgan fingerprint density at radius 3 is 2.59 bits per heavy atom. The number of hydrogen-bond acceptors (Lipinski definition) is 6. The Labute approximate surface area is 168 Å². The van der Waals surface area contributed by atoms with Crippen molar-refractivity contribution in [2.24, 2.45) is 13.0 Å². The van der Waals surface area contributed by atoms with Gasteiger partial charge in [-0.1, -0.05) is 31.5 Å². The number of aromatic nitrogens is 4. The summed E-state index contributed by atoms with van der Waals surface area (Å²) in [4.78, 5) is 31.1. The first-order valence-electron chi connectivity index (χ1n) is 9.57. The molecule has 2 heterocycles. The summed E-state index contributed by atoms with van der Waals surface area (Å²) in [5, 5.41) is 13.7. The maximum absolute atomic E-state index is 12.4. The van der Waals surface area contributed by atoms with Crippen LogP contribution >= 0.6 is 0 Å². The minimum atomic E-state index is -0.884. The number of H-pyrrole nitrogens is 1. The average Bonchev–Trinajstić information content (AvgIpc) is 3.03. The Kier molecular flexibility index (Phi) is 6.07. The van der Waals surface area contributed by atoms with Crippen molar-refractivity contribution in [3.05, 3.63) is 50.7 Å². The lowest BCUT2D eigenvalue weighted by molar-refractivity contribution is 0.0938. The molecule has 0 fully saturated rings. The van der Waals surface area contributed by atoms with Crippen LogP contribution in [0.2, 0.25) is 0 Å². The van der Waals surface area contributed by atoms with E-state index in [1.165, 1.54) is 4.57 Å². The van der Waals surface area contributed by atoms with Crippen LogP contribution in [0.3, 0.4) is 0 Å². The first-order chi connectivity index (χ1) is 13.8. The Bertz CT molecular complexity index is 1090. The molecule has 0 amide bonds. The number of benzene rings is 1. The summed E-state index contributed by atoms with van der Waals surface area (Å²) in [6.07, 6.45) is -0.884. The minimum Gasteiger partial charge on any atom is -0.491 e. The number of aliphatic hydroxyl groups excluding tert-OH is 1. The number of rotatable bonds is 8. The largest absolute Gasteiger partial charge is 0.491 e. The molecule has 0 saturated carbocycles. The van der Waals surface area contributed by atoms with Crippen LogP contribution in [0.1, 0.15) is 19.4 Å². The van der Waals surface area contributed by atoms with Gasteiger partial charge in [0.15, 0.2) is 11.2 Å². The average molecular weight is 401 g/mol. The molecular formula is C20H27N5O4. The van der Waals surface area contributed by atoms with E-state index in [2.05, 4.69) is 15.3 Å². The smallest absolute Gasteiger partial charge is 0.329 e. The predicted octanol–water partition coefficient (Wildman–Crippen LogP) is 1.24. The SMILES string of the molecule is Cc1ccc(OC[C@@H](O)Cn2c(NCC(C)C)nc3c2c(=O)[nH]c(=O)n3C)cc1. The molecule has 3 aromatic rings. The molecular weight excluding hydrogens is 374 g/mol. The normalized spacial score (nSPS) is 12.5. The first kappa shape index (κ1) is 20.7.